The van der Waals surface area contributed by atoms with E-state index in [0.29, 0.717) is 6.54 Å². The summed E-state index contributed by atoms with van der Waals surface area (Å²) in [6.07, 6.45) is 0. The molecule has 0 aliphatic heterocycles. The van der Waals surface area contributed by atoms with Crippen LogP contribution >= 0.6 is 0 Å². The van der Waals surface area contributed by atoms with E-state index in [1.54, 1.807) is 0 Å². The molecule has 8 aromatic rings. The van der Waals surface area contributed by atoms with Crippen molar-refractivity contribution in [2.45, 2.75) is 68.9 Å². The van der Waals surface area contributed by atoms with Crippen molar-refractivity contribution in [3.63, 3.8) is 0 Å². The van der Waals surface area contributed by atoms with Crippen LogP contribution in [-0.4, -0.2) is 12.4 Å². The average Bonchev–Trinajstić information content (AvgIpc) is 3.31. The molecular weight excluding hydrogens is 785 g/mol. The molecule has 65 heavy (non-hydrogen) atoms. The fraction of sp³-hybridized carbons (Fsp3) is 0.175. The summed E-state index contributed by atoms with van der Waals surface area (Å²) < 4.78 is 0. The van der Waals surface area contributed by atoms with E-state index in [1.165, 1.54) is 77.9 Å². The highest BCUT2D eigenvalue weighted by atomic mass is 14.8. The van der Waals surface area contributed by atoms with E-state index < -0.39 is 0 Å². The molecule has 0 bridgehead atoms. The number of aryl methyl sites for hydroxylation is 7. The summed E-state index contributed by atoms with van der Waals surface area (Å²) in [4.78, 5) is 10.0. The molecule has 0 aliphatic rings. The zero-order valence-corrected chi connectivity index (χ0v) is 39.9. The Morgan fingerprint density at radius 1 is 0.431 bits per heavy atom. The minimum atomic E-state index is 0.178. The van der Waals surface area contributed by atoms with Crippen LogP contribution in [0.15, 0.2) is 210 Å². The molecule has 0 unspecified atom stereocenters. The molecule has 0 heterocycles. The molecule has 0 aliphatic carbocycles. The molecule has 0 N–H and O–H groups in total. The van der Waals surface area contributed by atoms with Crippen LogP contribution in [-0.2, 0) is 6.54 Å². The summed E-state index contributed by atoms with van der Waals surface area (Å²) in [6, 6.07) is 68.5. The van der Waals surface area contributed by atoms with E-state index in [9.17, 15) is 0 Å². The lowest BCUT2D eigenvalue weighted by molar-refractivity contribution is 0.801. The Labute approximate surface area is 389 Å². The third-order valence-corrected chi connectivity index (χ3v) is 11.8. The molecule has 0 saturated heterocycles. The number of nitrogens with zero attached hydrogens (tertiary/aromatic N) is 2. The normalized spacial score (nSPS) is 11.4. The molecule has 8 aromatic carbocycles. The molecule has 2 heteroatoms. The molecular formula is C63H64N2. The monoisotopic (exact) mass is 849 g/mol. The van der Waals surface area contributed by atoms with E-state index in [1.807, 2.05) is 36.4 Å². The van der Waals surface area contributed by atoms with E-state index in [0.717, 1.165) is 28.1 Å². The third kappa shape index (κ3) is 12.5. The number of benzene rings is 8. The van der Waals surface area contributed by atoms with Gasteiger partial charge in [-0.25, -0.2) is 0 Å². The maximum Gasteiger partial charge on any atom is 0.0753 e. The summed E-state index contributed by atoms with van der Waals surface area (Å²) >= 11 is 0. The highest BCUT2D eigenvalue weighted by molar-refractivity contribution is 6.17. The van der Waals surface area contributed by atoms with Crippen LogP contribution in [0.1, 0.15) is 69.5 Å². The van der Waals surface area contributed by atoms with Gasteiger partial charge in [-0.3, -0.25) is 9.98 Å². The maximum absolute atomic E-state index is 5.38. The van der Waals surface area contributed by atoms with Crippen molar-refractivity contribution in [1.29, 1.82) is 0 Å². The van der Waals surface area contributed by atoms with Gasteiger partial charge in [0.15, 0.2) is 0 Å². The predicted molar refractivity (Wildman–Crippen MR) is 283 cm³/mol. The first kappa shape index (κ1) is 47.3. The topological polar surface area (TPSA) is 24.7 Å². The Kier molecular flexibility index (Phi) is 16.7. The number of hydrogen-bond donors (Lipinski definition) is 0. The first-order valence-electron chi connectivity index (χ1n) is 22.7. The number of rotatable bonds is 10. The number of aliphatic imine (C=N–C) groups is 2. The minimum absolute atomic E-state index is 0.178. The molecule has 0 fully saturated rings. The van der Waals surface area contributed by atoms with E-state index in [-0.39, 0.29) is 5.92 Å². The van der Waals surface area contributed by atoms with Crippen LogP contribution in [0.2, 0.25) is 0 Å². The summed E-state index contributed by atoms with van der Waals surface area (Å²) in [6.45, 7) is 24.1. The predicted octanol–water partition coefficient (Wildman–Crippen LogP) is 17.0. The molecule has 0 atom stereocenters. The van der Waals surface area contributed by atoms with Crippen molar-refractivity contribution in [2.24, 2.45) is 15.9 Å². The van der Waals surface area contributed by atoms with Crippen molar-refractivity contribution >= 4 is 18.1 Å². The van der Waals surface area contributed by atoms with E-state index in [2.05, 4.69) is 232 Å². The van der Waals surface area contributed by atoms with Gasteiger partial charge in [-0.05, 0) is 140 Å². The molecule has 0 aromatic heterocycles. The van der Waals surface area contributed by atoms with Gasteiger partial charge >= 0.3 is 0 Å². The quantitative estimate of drug-likeness (QED) is 0.123. The van der Waals surface area contributed by atoms with Crippen molar-refractivity contribution in [3.8, 4) is 33.4 Å². The van der Waals surface area contributed by atoms with Crippen molar-refractivity contribution in [1.82, 2.24) is 0 Å². The van der Waals surface area contributed by atoms with Gasteiger partial charge in [0.2, 0.25) is 0 Å². The summed E-state index contributed by atoms with van der Waals surface area (Å²) in [5.41, 5.74) is 22.7. The Morgan fingerprint density at radius 2 is 0.908 bits per heavy atom. The fourth-order valence-electron chi connectivity index (χ4n) is 8.15. The van der Waals surface area contributed by atoms with Gasteiger partial charge in [-0.2, -0.15) is 0 Å². The van der Waals surface area contributed by atoms with Gasteiger partial charge in [0.25, 0.3) is 0 Å². The van der Waals surface area contributed by atoms with Crippen LogP contribution in [0.4, 0.5) is 0 Å². The van der Waals surface area contributed by atoms with Crippen molar-refractivity contribution < 1.29 is 0 Å². The van der Waals surface area contributed by atoms with Gasteiger partial charge in [0.05, 0.1) is 18.0 Å². The Hall–Kier alpha value is -7.16. The van der Waals surface area contributed by atoms with Gasteiger partial charge < -0.3 is 0 Å². The van der Waals surface area contributed by atoms with E-state index >= 15 is 0 Å². The molecule has 0 spiro atoms. The molecule has 8 rings (SSSR count). The number of hydrogen-bond acceptors (Lipinski definition) is 2. The van der Waals surface area contributed by atoms with E-state index in [4.69, 9.17) is 4.99 Å². The summed E-state index contributed by atoms with van der Waals surface area (Å²) in [5, 5.41) is 0. The summed E-state index contributed by atoms with van der Waals surface area (Å²) in [5.74, 6) is 0.178. The standard InChI is InChI=1S/C49H48N2.2C7H8/c1-32(2)47(49(50-8)44-21-15-13-17-34(44)4)48(39-18-10-9-11-19-39)51-31-38-24-22-35(5)45(29-38)46-30-41(25-23-36(46)6)40-26-27-43(37(7)28-40)42-20-14-12-16-33(42)3;2*1-7-5-3-2-4-6-7/h9-30,32H,8,31H2,1-7H3;2*2-6H,1H3/b49-47-,51-48?;;. The fourth-order valence-corrected chi connectivity index (χ4v) is 8.15. The second-order valence-electron chi connectivity index (χ2n) is 17.3. The molecule has 326 valence electrons. The molecule has 0 saturated carbocycles. The second-order valence-corrected chi connectivity index (χ2v) is 17.3. The molecule has 0 amide bonds. The SMILES string of the molecule is C=N/C(=C(\C(=NCc1ccc(C)c(-c2cc(-c3ccc(-c4ccccc4C)c(C)c3)ccc2C)c1)c1ccccc1)C(C)C)c1ccccc1C.Cc1ccccc1.Cc1ccccc1. The highest BCUT2D eigenvalue weighted by Crippen LogP contribution is 2.36. The number of allylic oxidation sites excluding steroid dienone is 1. The zero-order chi connectivity index (χ0) is 46.3. The molecule has 2 nitrogen and oxygen atoms in total. The maximum atomic E-state index is 5.38. The smallest absolute Gasteiger partial charge is 0.0753 e. The van der Waals surface area contributed by atoms with Gasteiger partial charge in [0.1, 0.15) is 0 Å². The van der Waals surface area contributed by atoms with Gasteiger partial charge in [-0.1, -0.05) is 207 Å². The second kappa shape index (κ2) is 23.0. The van der Waals surface area contributed by atoms with Crippen LogP contribution in [0.5, 0.6) is 0 Å². The lowest BCUT2D eigenvalue weighted by Gasteiger charge is -2.20. The van der Waals surface area contributed by atoms with Gasteiger partial charge in [0, 0.05) is 16.7 Å². The van der Waals surface area contributed by atoms with Crippen LogP contribution in [0, 0.1) is 54.4 Å². The Bertz CT molecular complexity index is 2840. The minimum Gasteiger partial charge on any atom is -0.280 e. The zero-order valence-electron chi connectivity index (χ0n) is 39.9. The Morgan fingerprint density at radius 3 is 1.45 bits per heavy atom. The van der Waals surface area contributed by atoms with Crippen LogP contribution in [0.3, 0.4) is 0 Å². The summed E-state index contributed by atoms with van der Waals surface area (Å²) in [7, 11) is 0. The Balaban J connectivity index is 0.000000424. The third-order valence-electron chi connectivity index (χ3n) is 11.8. The lowest BCUT2D eigenvalue weighted by Crippen LogP contribution is -2.14. The first-order valence-corrected chi connectivity index (χ1v) is 22.7. The average molecular weight is 849 g/mol. The van der Waals surface area contributed by atoms with Crippen molar-refractivity contribution in [3.05, 3.63) is 255 Å². The first-order chi connectivity index (χ1) is 31.4. The van der Waals surface area contributed by atoms with Crippen LogP contribution in [0.25, 0.3) is 39.1 Å². The largest absolute Gasteiger partial charge is 0.280 e. The van der Waals surface area contributed by atoms with Crippen molar-refractivity contribution in [2.75, 3.05) is 0 Å². The molecule has 0 radical (unpaired) electrons. The highest BCUT2D eigenvalue weighted by Gasteiger charge is 2.21. The van der Waals surface area contributed by atoms with Crippen LogP contribution < -0.4 is 0 Å². The van der Waals surface area contributed by atoms with Gasteiger partial charge in [-0.15, -0.1) is 0 Å². The lowest BCUT2D eigenvalue weighted by atomic mass is 9.88.